The summed E-state index contributed by atoms with van der Waals surface area (Å²) in [4.78, 5) is 4.72. The van der Waals surface area contributed by atoms with Crippen LogP contribution in [0.25, 0.3) is 0 Å². The van der Waals surface area contributed by atoms with Gasteiger partial charge >= 0.3 is 0 Å². The number of aromatic nitrogens is 1. The molecule has 0 radical (unpaired) electrons. The molecule has 98 valence electrons. The Morgan fingerprint density at radius 3 is 2.72 bits per heavy atom. The first kappa shape index (κ1) is 13.3. The van der Waals surface area contributed by atoms with Crippen molar-refractivity contribution in [3.8, 4) is 0 Å². The molecule has 3 nitrogen and oxygen atoms in total. The van der Waals surface area contributed by atoms with Crippen LogP contribution in [0.4, 0.5) is 0 Å². The molecule has 2 aromatic heterocycles. The maximum atomic E-state index is 5.45. The summed E-state index contributed by atoms with van der Waals surface area (Å²) in [5, 5.41) is 6.58. The Kier molecular flexibility index (Phi) is 3.88. The Labute approximate surface area is 112 Å². The largest absolute Gasteiger partial charge is 0.468 e. The van der Waals surface area contributed by atoms with Crippen LogP contribution in [0.1, 0.15) is 43.3 Å². The van der Waals surface area contributed by atoms with Crippen molar-refractivity contribution in [2.24, 2.45) is 0 Å². The third kappa shape index (κ3) is 3.00. The number of hydrogen-bond donors (Lipinski definition) is 1. The highest BCUT2D eigenvalue weighted by Crippen LogP contribution is 2.26. The fourth-order valence-electron chi connectivity index (χ4n) is 1.76. The Morgan fingerprint density at radius 2 is 2.22 bits per heavy atom. The fourth-order valence-corrected chi connectivity index (χ4v) is 2.83. The van der Waals surface area contributed by atoms with E-state index in [1.54, 1.807) is 17.6 Å². The molecule has 0 amide bonds. The van der Waals surface area contributed by atoms with Crippen LogP contribution in [0.3, 0.4) is 0 Å². The molecule has 0 aliphatic rings. The summed E-state index contributed by atoms with van der Waals surface area (Å²) in [7, 11) is 1.95. The minimum absolute atomic E-state index is 0.120. The molecule has 2 heterocycles. The normalized spacial score (nSPS) is 13.8. The molecule has 2 aromatic rings. The summed E-state index contributed by atoms with van der Waals surface area (Å²) in [6.07, 6.45) is 2.58. The predicted octanol–water partition coefficient (Wildman–Crippen LogP) is 3.54. The van der Waals surface area contributed by atoms with Gasteiger partial charge in [0.2, 0.25) is 0 Å². The van der Waals surface area contributed by atoms with Crippen LogP contribution < -0.4 is 5.32 Å². The average Bonchev–Trinajstić information content (AvgIpc) is 2.95. The van der Waals surface area contributed by atoms with Crippen molar-refractivity contribution >= 4 is 11.3 Å². The Bertz CT molecular complexity index is 482. The van der Waals surface area contributed by atoms with Gasteiger partial charge in [-0.25, -0.2) is 4.98 Å². The molecule has 0 saturated heterocycles. The molecule has 4 heteroatoms. The quantitative estimate of drug-likeness (QED) is 0.918. The molecule has 0 aliphatic heterocycles. The Balaban J connectivity index is 2.11. The first-order valence-electron chi connectivity index (χ1n) is 6.16. The molecule has 1 unspecified atom stereocenters. The van der Waals surface area contributed by atoms with E-state index in [4.69, 9.17) is 9.40 Å². The first-order valence-corrected chi connectivity index (χ1v) is 7.04. The summed E-state index contributed by atoms with van der Waals surface area (Å²) in [6, 6.07) is 4.11. The second-order valence-electron chi connectivity index (χ2n) is 5.44. The zero-order valence-corrected chi connectivity index (χ0v) is 12.2. The summed E-state index contributed by atoms with van der Waals surface area (Å²) in [5.41, 5.74) is 1.28. The summed E-state index contributed by atoms with van der Waals surface area (Å²) < 4.78 is 5.45. The predicted molar refractivity (Wildman–Crippen MR) is 75.0 cm³/mol. The molecule has 2 rings (SSSR count). The van der Waals surface area contributed by atoms with Crippen LogP contribution in [0.15, 0.2) is 28.2 Å². The van der Waals surface area contributed by atoms with Crippen LogP contribution in [0.5, 0.6) is 0 Å². The standard InChI is InChI=1S/C14H20N2OS/c1-14(2,3)12-9-18-13(16-12)8-10(15-4)11-6-5-7-17-11/h5-7,9-10,15H,8H2,1-4H3. The van der Waals surface area contributed by atoms with Gasteiger partial charge in [0.15, 0.2) is 0 Å². The smallest absolute Gasteiger partial charge is 0.121 e. The summed E-state index contributed by atoms with van der Waals surface area (Å²) in [5.74, 6) is 0.963. The second-order valence-corrected chi connectivity index (χ2v) is 6.38. The van der Waals surface area contributed by atoms with E-state index in [0.717, 1.165) is 22.9 Å². The van der Waals surface area contributed by atoms with Crippen molar-refractivity contribution in [3.05, 3.63) is 40.2 Å². The van der Waals surface area contributed by atoms with Crippen LogP contribution in [0, 0.1) is 0 Å². The minimum atomic E-state index is 0.120. The second kappa shape index (κ2) is 5.24. The maximum absolute atomic E-state index is 5.45. The molecule has 0 aromatic carbocycles. The fraction of sp³-hybridized carbons (Fsp3) is 0.500. The van der Waals surface area contributed by atoms with Crippen LogP contribution in [0.2, 0.25) is 0 Å². The lowest BCUT2D eigenvalue weighted by Gasteiger charge is -2.15. The number of rotatable bonds is 4. The lowest BCUT2D eigenvalue weighted by atomic mass is 9.93. The van der Waals surface area contributed by atoms with E-state index in [9.17, 15) is 0 Å². The van der Waals surface area contributed by atoms with Gasteiger partial charge in [-0.3, -0.25) is 0 Å². The zero-order valence-electron chi connectivity index (χ0n) is 11.4. The topological polar surface area (TPSA) is 38.1 Å². The van der Waals surface area contributed by atoms with E-state index >= 15 is 0 Å². The summed E-state index contributed by atoms with van der Waals surface area (Å²) >= 11 is 1.72. The Hall–Kier alpha value is -1.13. The highest BCUT2D eigenvalue weighted by molar-refractivity contribution is 7.09. The molecule has 1 N–H and O–H groups in total. The van der Waals surface area contributed by atoms with Gasteiger partial charge < -0.3 is 9.73 Å². The van der Waals surface area contributed by atoms with Gasteiger partial charge in [-0.05, 0) is 19.2 Å². The number of likely N-dealkylation sites (N-methyl/N-ethyl adjacent to an activating group) is 1. The molecule has 0 bridgehead atoms. The van der Waals surface area contributed by atoms with Gasteiger partial charge in [-0.1, -0.05) is 20.8 Å². The van der Waals surface area contributed by atoms with Gasteiger partial charge in [0.05, 0.1) is 23.0 Å². The van der Waals surface area contributed by atoms with Crippen LogP contribution >= 0.6 is 11.3 Å². The van der Waals surface area contributed by atoms with Crippen molar-refractivity contribution in [3.63, 3.8) is 0 Å². The minimum Gasteiger partial charge on any atom is -0.468 e. The van der Waals surface area contributed by atoms with Gasteiger partial charge in [-0.2, -0.15) is 0 Å². The number of furan rings is 1. The van der Waals surface area contributed by atoms with Crippen molar-refractivity contribution in [2.75, 3.05) is 7.05 Å². The van der Waals surface area contributed by atoms with Crippen molar-refractivity contribution in [2.45, 2.75) is 38.6 Å². The molecule has 1 atom stereocenters. The number of hydrogen-bond acceptors (Lipinski definition) is 4. The van der Waals surface area contributed by atoms with Crippen LogP contribution in [-0.4, -0.2) is 12.0 Å². The maximum Gasteiger partial charge on any atom is 0.121 e. The lowest BCUT2D eigenvalue weighted by Crippen LogP contribution is -2.18. The van der Waals surface area contributed by atoms with Gasteiger partial charge in [-0.15, -0.1) is 11.3 Å². The van der Waals surface area contributed by atoms with Gasteiger partial charge in [0, 0.05) is 17.2 Å². The van der Waals surface area contributed by atoms with E-state index in [1.807, 2.05) is 19.2 Å². The van der Waals surface area contributed by atoms with E-state index in [2.05, 4.69) is 31.5 Å². The lowest BCUT2D eigenvalue weighted by molar-refractivity contribution is 0.428. The first-order chi connectivity index (χ1) is 8.50. The van der Waals surface area contributed by atoms with Crippen molar-refractivity contribution in [1.82, 2.24) is 10.3 Å². The number of nitrogens with one attached hydrogen (secondary N) is 1. The van der Waals surface area contributed by atoms with E-state index in [-0.39, 0.29) is 11.5 Å². The highest BCUT2D eigenvalue weighted by Gasteiger charge is 2.20. The molecule has 0 fully saturated rings. The molecule has 0 saturated carbocycles. The molecule has 0 aliphatic carbocycles. The SMILES string of the molecule is CNC(Cc1nc(C(C)(C)C)cs1)c1ccco1. The average molecular weight is 264 g/mol. The Morgan fingerprint density at radius 1 is 1.44 bits per heavy atom. The van der Waals surface area contributed by atoms with E-state index in [0.29, 0.717) is 0 Å². The molecule has 0 spiro atoms. The number of nitrogens with zero attached hydrogens (tertiary/aromatic N) is 1. The van der Waals surface area contributed by atoms with E-state index in [1.165, 1.54) is 0 Å². The van der Waals surface area contributed by atoms with Gasteiger partial charge in [0.25, 0.3) is 0 Å². The third-order valence-electron chi connectivity index (χ3n) is 2.93. The van der Waals surface area contributed by atoms with Crippen molar-refractivity contribution in [1.29, 1.82) is 0 Å². The highest BCUT2D eigenvalue weighted by atomic mass is 32.1. The van der Waals surface area contributed by atoms with E-state index < -0.39 is 0 Å². The monoisotopic (exact) mass is 264 g/mol. The van der Waals surface area contributed by atoms with Crippen LogP contribution in [-0.2, 0) is 11.8 Å². The zero-order chi connectivity index (χ0) is 13.2. The molecular formula is C14H20N2OS. The molecule has 18 heavy (non-hydrogen) atoms. The van der Waals surface area contributed by atoms with Gasteiger partial charge in [0.1, 0.15) is 5.76 Å². The van der Waals surface area contributed by atoms with Crippen molar-refractivity contribution < 1.29 is 4.42 Å². The molecular weight excluding hydrogens is 244 g/mol. The third-order valence-corrected chi connectivity index (χ3v) is 3.81. The summed E-state index contributed by atoms with van der Waals surface area (Å²) in [6.45, 7) is 6.57. The number of thiazole rings is 1.